The van der Waals surface area contributed by atoms with Crippen LogP contribution in [0.3, 0.4) is 0 Å². The van der Waals surface area contributed by atoms with Crippen LogP contribution in [-0.2, 0) is 18.3 Å². The van der Waals surface area contributed by atoms with Gasteiger partial charge in [0.25, 0.3) is 5.91 Å². The molecule has 6 nitrogen and oxygen atoms in total. The zero-order valence-corrected chi connectivity index (χ0v) is 15.0. The number of amides is 2. The zero-order valence-electron chi connectivity index (χ0n) is 15.0. The maximum atomic E-state index is 13.2. The van der Waals surface area contributed by atoms with Gasteiger partial charge in [-0.2, -0.15) is 0 Å². The molecule has 1 aromatic carbocycles. The van der Waals surface area contributed by atoms with Crippen molar-refractivity contribution < 1.29 is 9.59 Å². The molecule has 136 valence electrons. The minimum absolute atomic E-state index is 0.0919. The Balaban J connectivity index is 1.67. The first kappa shape index (κ1) is 16.8. The Kier molecular flexibility index (Phi) is 4.49. The lowest BCUT2D eigenvalue weighted by Crippen LogP contribution is -2.49. The van der Waals surface area contributed by atoms with Gasteiger partial charge in [-0.1, -0.05) is 31.0 Å². The standard InChI is InChI=1S/C20H24N4O2/c1-23-13-21-16-11-12-24(20(26)14-7-3-2-4-8-14)18(17(16)23)19(25)22-15-9-5-6-10-15/h2-4,7-8,13,15,18H,5-6,9-12H2,1H3,(H,22,25)/t18-/m0/s1. The largest absolute Gasteiger partial charge is 0.351 e. The van der Waals surface area contributed by atoms with Gasteiger partial charge in [-0.05, 0) is 25.0 Å². The minimum atomic E-state index is -0.625. The molecule has 1 N–H and O–H groups in total. The first-order chi connectivity index (χ1) is 12.6. The van der Waals surface area contributed by atoms with E-state index in [2.05, 4.69) is 10.3 Å². The number of aromatic nitrogens is 2. The summed E-state index contributed by atoms with van der Waals surface area (Å²) in [7, 11) is 1.89. The van der Waals surface area contributed by atoms with Crippen LogP contribution >= 0.6 is 0 Å². The van der Waals surface area contributed by atoms with E-state index < -0.39 is 6.04 Å². The van der Waals surface area contributed by atoms with Crippen molar-refractivity contribution in [3.8, 4) is 0 Å². The molecule has 1 fully saturated rings. The van der Waals surface area contributed by atoms with E-state index in [1.807, 2.05) is 29.8 Å². The molecule has 1 saturated carbocycles. The normalized spacial score (nSPS) is 20.0. The average molecular weight is 352 g/mol. The summed E-state index contributed by atoms with van der Waals surface area (Å²) in [5.41, 5.74) is 2.35. The van der Waals surface area contributed by atoms with E-state index in [0.29, 0.717) is 18.5 Å². The lowest BCUT2D eigenvalue weighted by Gasteiger charge is -2.35. The van der Waals surface area contributed by atoms with Crippen molar-refractivity contribution in [1.82, 2.24) is 19.8 Å². The molecule has 0 saturated heterocycles. The summed E-state index contributed by atoms with van der Waals surface area (Å²) < 4.78 is 1.87. The Morgan fingerprint density at radius 3 is 2.62 bits per heavy atom. The lowest BCUT2D eigenvalue weighted by atomic mass is 9.99. The number of carbonyl (C=O) groups is 2. The highest BCUT2D eigenvalue weighted by molar-refractivity contribution is 5.98. The van der Waals surface area contributed by atoms with Crippen molar-refractivity contribution in [2.45, 2.75) is 44.2 Å². The number of rotatable bonds is 3. The van der Waals surface area contributed by atoms with Gasteiger partial charge >= 0.3 is 0 Å². The zero-order chi connectivity index (χ0) is 18.1. The Morgan fingerprint density at radius 2 is 1.88 bits per heavy atom. The fourth-order valence-electron chi connectivity index (χ4n) is 4.12. The number of imidazole rings is 1. The van der Waals surface area contributed by atoms with E-state index in [1.54, 1.807) is 23.4 Å². The van der Waals surface area contributed by atoms with Gasteiger partial charge in [0.2, 0.25) is 5.91 Å². The van der Waals surface area contributed by atoms with Crippen molar-refractivity contribution in [3.63, 3.8) is 0 Å². The molecule has 1 aliphatic carbocycles. The number of carbonyl (C=O) groups excluding carboxylic acids is 2. The lowest BCUT2D eigenvalue weighted by molar-refractivity contribution is -0.127. The predicted molar refractivity (Wildman–Crippen MR) is 97.5 cm³/mol. The molecule has 2 aromatic rings. The van der Waals surface area contributed by atoms with Crippen LogP contribution in [0.5, 0.6) is 0 Å². The van der Waals surface area contributed by atoms with Crippen LogP contribution in [0.15, 0.2) is 36.7 Å². The van der Waals surface area contributed by atoms with E-state index in [0.717, 1.165) is 37.1 Å². The van der Waals surface area contributed by atoms with Gasteiger partial charge in [0, 0.05) is 31.6 Å². The SMILES string of the molecule is Cn1cnc2c1[C@@H](C(=O)NC1CCCC1)N(C(=O)c1ccccc1)CC2. The van der Waals surface area contributed by atoms with Crippen molar-refractivity contribution in [3.05, 3.63) is 53.6 Å². The van der Waals surface area contributed by atoms with E-state index in [1.165, 1.54) is 0 Å². The molecule has 6 heteroatoms. The van der Waals surface area contributed by atoms with Crippen molar-refractivity contribution >= 4 is 11.8 Å². The number of hydrogen-bond acceptors (Lipinski definition) is 3. The van der Waals surface area contributed by atoms with Crippen LogP contribution in [0.2, 0.25) is 0 Å². The van der Waals surface area contributed by atoms with Crippen molar-refractivity contribution in [1.29, 1.82) is 0 Å². The van der Waals surface area contributed by atoms with E-state index >= 15 is 0 Å². The van der Waals surface area contributed by atoms with Gasteiger partial charge in [-0.3, -0.25) is 9.59 Å². The van der Waals surface area contributed by atoms with Crippen LogP contribution in [-0.4, -0.2) is 38.9 Å². The van der Waals surface area contributed by atoms with Gasteiger partial charge in [0.15, 0.2) is 6.04 Å². The number of hydrogen-bond donors (Lipinski definition) is 1. The first-order valence-corrected chi connectivity index (χ1v) is 9.31. The van der Waals surface area contributed by atoms with Gasteiger partial charge in [-0.25, -0.2) is 4.98 Å². The summed E-state index contributed by atoms with van der Waals surface area (Å²) in [5, 5.41) is 3.17. The van der Waals surface area contributed by atoms with Crippen molar-refractivity contribution in [2.75, 3.05) is 6.54 Å². The van der Waals surface area contributed by atoms with Gasteiger partial charge in [-0.15, -0.1) is 0 Å². The third-order valence-electron chi connectivity index (χ3n) is 5.45. The predicted octanol–water partition coefficient (Wildman–Crippen LogP) is 2.22. The van der Waals surface area contributed by atoms with Gasteiger partial charge < -0.3 is 14.8 Å². The molecule has 1 aromatic heterocycles. The number of fused-ring (bicyclic) bond motifs is 1. The maximum absolute atomic E-state index is 13.2. The summed E-state index contributed by atoms with van der Waals surface area (Å²) in [6, 6.07) is 8.77. The Morgan fingerprint density at radius 1 is 1.15 bits per heavy atom. The monoisotopic (exact) mass is 352 g/mol. The summed E-state index contributed by atoms with van der Waals surface area (Å²) in [6.07, 6.45) is 6.74. The molecular weight excluding hydrogens is 328 g/mol. The highest BCUT2D eigenvalue weighted by Crippen LogP contribution is 2.31. The van der Waals surface area contributed by atoms with E-state index in [4.69, 9.17) is 0 Å². The minimum Gasteiger partial charge on any atom is -0.351 e. The Labute approximate surface area is 153 Å². The molecule has 1 aliphatic heterocycles. The fraction of sp³-hybridized carbons (Fsp3) is 0.450. The molecule has 0 radical (unpaired) electrons. The third-order valence-corrected chi connectivity index (χ3v) is 5.45. The topological polar surface area (TPSA) is 67.2 Å². The van der Waals surface area contributed by atoms with Crippen LogP contribution in [0.4, 0.5) is 0 Å². The molecule has 0 unspecified atom stereocenters. The van der Waals surface area contributed by atoms with Crippen LogP contribution < -0.4 is 5.32 Å². The molecular formula is C20H24N4O2. The van der Waals surface area contributed by atoms with Crippen molar-refractivity contribution in [2.24, 2.45) is 7.05 Å². The highest BCUT2D eigenvalue weighted by Gasteiger charge is 2.39. The van der Waals surface area contributed by atoms with E-state index in [-0.39, 0.29) is 17.9 Å². The average Bonchev–Trinajstić information content (AvgIpc) is 3.31. The van der Waals surface area contributed by atoms with Crippen LogP contribution in [0, 0.1) is 0 Å². The molecule has 4 rings (SSSR count). The second-order valence-corrected chi connectivity index (χ2v) is 7.19. The Hall–Kier alpha value is -2.63. The number of nitrogens with zero attached hydrogens (tertiary/aromatic N) is 3. The smallest absolute Gasteiger partial charge is 0.254 e. The molecule has 26 heavy (non-hydrogen) atoms. The molecule has 0 spiro atoms. The molecule has 1 atom stereocenters. The summed E-state index contributed by atoms with van der Waals surface area (Å²) in [4.78, 5) is 32.4. The highest BCUT2D eigenvalue weighted by atomic mass is 16.2. The first-order valence-electron chi connectivity index (χ1n) is 9.31. The number of aryl methyl sites for hydroxylation is 1. The van der Waals surface area contributed by atoms with Crippen LogP contribution in [0.25, 0.3) is 0 Å². The molecule has 2 aliphatic rings. The number of benzene rings is 1. The summed E-state index contributed by atoms with van der Waals surface area (Å²) >= 11 is 0. The van der Waals surface area contributed by atoms with Gasteiger partial charge in [0.1, 0.15) is 0 Å². The summed E-state index contributed by atoms with van der Waals surface area (Å²) in [5.74, 6) is -0.199. The maximum Gasteiger partial charge on any atom is 0.254 e. The quantitative estimate of drug-likeness (QED) is 0.921. The second-order valence-electron chi connectivity index (χ2n) is 7.19. The van der Waals surface area contributed by atoms with Crippen LogP contribution in [0.1, 0.15) is 53.5 Å². The number of nitrogens with one attached hydrogen (secondary N) is 1. The molecule has 2 heterocycles. The third kappa shape index (κ3) is 3.00. The fourth-order valence-corrected chi connectivity index (χ4v) is 4.12. The summed E-state index contributed by atoms with van der Waals surface area (Å²) in [6.45, 7) is 0.500. The molecule has 0 bridgehead atoms. The van der Waals surface area contributed by atoms with E-state index in [9.17, 15) is 9.59 Å². The van der Waals surface area contributed by atoms with Gasteiger partial charge in [0.05, 0.1) is 17.7 Å². The Bertz CT molecular complexity index is 808. The molecule has 2 amide bonds. The second kappa shape index (κ2) is 6.94.